The molecule has 1 saturated heterocycles. The van der Waals surface area contributed by atoms with Crippen LogP contribution in [0.15, 0.2) is 18.2 Å². The summed E-state index contributed by atoms with van der Waals surface area (Å²) >= 11 is 1.45. The van der Waals surface area contributed by atoms with Crippen molar-refractivity contribution in [2.75, 3.05) is 19.7 Å². The molecule has 3 rings (SSSR count). The zero-order valence-corrected chi connectivity index (χ0v) is 18.4. The number of likely N-dealkylation sites (tertiary alicyclic amines) is 1. The van der Waals surface area contributed by atoms with Gasteiger partial charge >= 0.3 is 0 Å². The van der Waals surface area contributed by atoms with E-state index >= 15 is 0 Å². The normalized spacial score (nSPS) is 19.8. The second kappa shape index (κ2) is 9.39. The summed E-state index contributed by atoms with van der Waals surface area (Å²) in [5, 5.41) is 11.9. The molecule has 1 amide bonds. The maximum Gasteiger partial charge on any atom is 0.225 e. The number of halogens is 2. The summed E-state index contributed by atoms with van der Waals surface area (Å²) in [6.07, 6.45) is 2.30. The van der Waals surface area contributed by atoms with Crippen LogP contribution in [0.3, 0.4) is 0 Å². The van der Waals surface area contributed by atoms with Crippen molar-refractivity contribution in [2.45, 2.75) is 52.1 Å². The smallest absolute Gasteiger partial charge is 0.225 e. The van der Waals surface area contributed by atoms with Crippen LogP contribution >= 0.6 is 11.3 Å². The van der Waals surface area contributed by atoms with E-state index < -0.39 is 17.2 Å². The van der Waals surface area contributed by atoms with Crippen LogP contribution in [0.25, 0.3) is 0 Å². The fraction of sp³-hybridized carbons (Fsp3) is 0.545. The topological polar surface area (TPSA) is 62.7 Å². The molecule has 5 nitrogen and oxygen atoms in total. The first-order chi connectivity index (χ1) is 14.2. The van der Waals surface area contributed by atoms with Crippen molar-refractivity contribution in [3.63, 3.8) is 0 Å². The Morgan fingerprint density at radius 1 is 1.30 bits per heavy atom. The summed E-state index contributed by atoms with van der Waals surface area (Å²) in [6, 6.07) is 3.45. The Morgan fingerprint density at radius 2 is 2.07 bits per heavy atom. The van der Waals surface area contributed by atoms with Gasteiger partial charge in [0.2, 0.25) is 5.91 Å². The van der Waals surface area contributed by atoms with E-state index in [1.54, 1.807) is 0 Å². The first-order valence-electron chi connectivity index (χ1n) is 10.3. The Hall–Kier alpha value is -2.06. The van der Waals surface area contributed by atoms with Crippen LogP contribution in [0.5, 0.6) is 5.75 Å². The van der Waals surface area contributed by atoms with Crippen molar-refractivity contribution in [1.82, 2.24) is 9.88 Å². The number of hydrogen-bond acceptors (Lipinski definition) is 5. The summed E-state index contributed by atoms with van der Waals surface area (Å²) < 4.78 is 31.8. The van der Waals surface area contributed by atoms with Crippen LogP contribution in [0, 0.1) is 24.5 Å². The van der Waals surface area contributed by atoms with Crippen LogP contribution in [0.4, 0.5) is 8.78 Å². The zero-order valence-electron chi connectivity index (χ0n) is 17.6. The number of amides is 1. The lowest BCUT2D eigenvalue weighted by Gasteiger charge is -2.25. The van der Waals surface area contributed by atoms with E-state index in [0.717, 1.165) is 29.1 Å². The van der Waals surface area contributed by atoms with Gasteiger partial charge in [-0.3, -0.25) is 4.79 Å². The summed E-state index contributed by atoms with van der Waals surface area (Å²) in [5.74, 6) is -1.52. The predicted molar refractivity (Wildman–Crippen MR) is 112 cm³/mol. The summed E-state index contributed by atoms with van der Waals surface area (Å²) in [4.78, 5) is 19.7. The molecule has 1 aliphatic heterocycles. The van der Waals surface area contributed by atoms with Gasteiger partial charge in [0, 0.05) is 42.8 Å². The minimum Gasteiger partial charge on any atom is -0.493 e. The highest BCUT2D eigenvalue weighted by atomic mass is 32.1. The number of rotatable bonds is 6. The lowest BCUT2D eigenvalue weighted by molar-refractivity contribution is -0.134. The third kappa shape index (κ3) is 5.16. The van der Waals surface area contributed by atoms with Gasteiger partial charge in [0.15, 0.2) is 11.6 Å². The number of aliphatic hydroxyl groups is 1. The molecule has 8 heteroatoms. The first kappa shape index (κ1) is 22.6. The fourth-order valence-corrected chi connectivity index (χ4v) is 4.79. The number of aryl methyl sites for hydroxylation is 1. The van der Waals surface area contributed by atoms with Crippen molar-refractivity contribution in [3.8, 4) is 5.75 Å². The number of carbonyl (C=O) groups is 1. The van der Waals surface area contributed by atoms with Gasteiger partial charge in [0.1, 0.15) is 16.4 Å². The third-order valence-corrected chi connectivity index (χ3v) is 6.81. The van der Waals surface area contributed by atoms with Crippen molar-refractivity contribution in [1.29, 1.82) is 0 Å². The Morgan fingerprint density at radius 3 is 2.77 bits per heavy atom. The van der Waals surface area contributed by atoms with Crippen molar-refractivity contribution in [3.05, 3.63) is 45.4 Å². The molecule has 2 heterocycles. The number of aromatic nitrogens is 1. The van der Waals surface area contributed by atoms with E-state index in [9.17, 15) is 18.7 Å². The quantitative estimate of drug-likeness (QED) is 0.734. The highest BCUT2D eigenvalue weighted by Gasteiger charge is 2.36. The molecule has 1 fully saturated rings. The van der Waals surface area contributed by atoms with E-state index in [-0.39, 0.29) is 17.6 Å². The molecule has 1 N–H and O–H groups in total. The lowest BCUT2D eigenvalue weighted by Crippen LogP contribution is -2.36. The number of nitrogens with zero attached hydrogens (tertiary/aromatic N) is 2. The molecule has 30 heavy (non-hydrogen) atoms. The molecule has 0 bridgehead atoms. The van der Waals surface area contributed by atoms with Gasteiger partial charge in [-0.05, 0) is 31.9 Å². The van der Waals surface area contributed by atoms with E-state index in [1.165, 1.54) is 17.4 Å². The molecule has 2 aromatic rings. The molecule has 1 aromatic carbocycles. The number of carbonyl (C=O) groups excluding carboxylic acids is 1. The molecule has 0 aliphatic carbocycles. The molecule has 0 saturated carbocycles. The van der Waals surface area contributed by atoms with Gasteiger partial charge in [0.25, 0.3) is 0 Å². The average molecular weight is 439 g/mol. The molecule has 1 unspecified atom stereocenters. The van der Waals surface area contributed by atoms with Crippen molar-refractivity contribution in [2.24, 2.45) is 5.92 Å². The molecule has 0 radical (unpaired) electrons. The Bertz CT molecular complexity index is 903. The highest BCUT2D eigenvalue weighted by molar-refractivity contribution is 7.11. The van der Waals surface area contributed by atoms with Crippen molar-refractivity contribution >= 4 is 17.2 Å². The van der Waals surface area contributed by atoms with Crippen LogP contribution < -0.4 is 4.74 Å². The van der Waals surface area contributed by atoms with Crippen LogP contribution in [-0.2, 0) is 16.8 Å². The second-order valence-corrected chi connectivity index (χ2v) is 9.15. The SMILES string of the molecule is Cc1nc(C2(O)CCCN(C(=O)C(C)C)CC2)sc1CCOc1ccc(F)c(F)c1. The van der Waals surface area contributed by atoms with Crippen LogP contribution in [0.1, 0.15) is 48.7 Å². The monoisotopic (exact) mass is 438 g/mol. The third-order valence-electron chi connectivity index (χ3n) is 5.40. The first-order valence-corrected chi connectivity index (χ1v) is 11.1. The molecule has 1 atom stereocenters. The van der Waals surface area contributed by atoms with Gasteiger partial charge in [0.05, 0.1) is 12.3 Å². The molecule has 0 spiro atoms. The summed E-state index contributed by atoms with van der Waals surface area (Å²) in [6.45, 7) is 7.13. The van der Waals surface area contributed by atoms with Gasteiger partial charge < -0.3 is 14.7 Å². The largest absolute Gasteiger partial charge is 0.493 e. The van der Waals surface area contributed by atoms with Crippen LogP contribution in [-0.4, -0.2) is 40.6 Å². The maximum atomic E-state index is 13.3. The van der Waals surface area contributed by atoms with E-state index in [4.69, 9.17) is 4.74 Å². The molecule has 164 valence electrons. The molecule has 1 aromatic heterocycles. The van der Waals surface area contributed by atoms with E-state index in [0.29, 0.717) is 44.0 Å². The number of hydrogen-bond donors (Lipinski definition) is 1. The number of thiazole rings is 1. The average Bonchev–Trinajstić information content (AvgIpc) is 2.95. The summed E-state index contributed by atoms with van der Waals surface area (Å²) in [7, 11) is 0. The maximum absolute atomic E-state index is 13.3. The van der Waals surface area contributed by atoms with Gasteiger partial charge in [-0.2, -0.15) is 0 Å². The Labute approximate surface area is 179 Å². The molecular formula is C22H28F2N2O3S. The van der Waals surface area contributed by atoms with E-state index in [1.807, 2.05) is 25.7 Å². The predicted octanol–water partition coefficient (Wildman–Crippen LogP) is 4.21. The standard InChI is InChI=1S/C22H28F2N2O3S/c1-14(2)20(27)26-10-4-8-22(28,9-11-26)21-25-15(3)19(30-21)7-12-29-16-5-6-17(23)18(24)13-16/h5-6,13-14,28H,4,7-12H2,1-3H3. The zero-order chi connectivity index (χ0) is 21.9. The van der Waals surface area contributed by atoms with E-state index in [2.05, 4.69) is 4.98 Å². The minimum absolute atomic E-state index is 0.0560. The van der Waals surface area contributed by atoms with Gasteiger partial charge in [-0.15, -0.1) is 11.3 Å². The molecular weight excluding hydrogens is 410 g/mol. The molecule has 1 aliphatic rings. The van der Waals surface area contributed by atoms with Crippen LogP contribution in [0.2, 0.25) is 0 Å². The number of benzene rings is 1. The fourth-order valence-electron chi connectivity index (χ4n) is 3.61. The summed E-state index contributed by atoms with van der Waals surface area (Å²) in [5.41, 5.74) is -0.211. The lowest BCUT2D eigenvalue weighted by atomic mass is 9.96. The van der Waals surface area contributed by atoms with Crippen molar-refractivity contribution < 1.29 is 23.4 Å². The second-order valence-electron chi connectivity index (χ2n) is 8.07. The Balaban J connectivity index is 1.63. The Kier molecular flexibility index (Phi) is 7.08. The van der Waals surface area contributed by atoms with Gasteiger partial charge in [-0.25, -0.2) is 13.8 Å². The number of ether oxygens (including phenoxy) is 1. The highest BCUT2D eigenvalue weighted by Crippen LogP contribution is 2.37. The minimum atomic E-state index is -1.04. The van der Waals surface area contributed by atoms with Gasteiger partial charge in [-0.1, -0.05) is 13.8 Å².